The van der Waals surface area contributed by atoms with Crippen molar-refractivity contribution in [2.75, 3.05) is 6.61 Å². The molecule has 20 heavy (non-hydrogen) atoms. The average Bonchev–Trinajstić information content (AvgIpc) is 2.75. The van der Waals surface area contributed by atoms with Gasteiger partial charge < -0.3 is 14.9 Å². The molecule has 0 spiro atoms. The monoisotopic (exact) mass is 298 g/mol. The first-order valence-corrected chi connectivity index (χ1v) is 7.76. The van der Waals surface area contributed by atoms with Crippen molar-refractivity contribution in [2.45, 2.75) is 50.2 Å². The molecule has 1 unspecified atom stereocenters. The van der Waals surface area contributed by atoms with Crippen molar-refractivity contribution in [3.05, 3.63) is 29.8 Å². The van der Waals surface area contributed by atoms with Crippen molar-refractivity contribution in [3.8, 4) is 5.75 Å². The summed E-state index contributed by atoms with van der Waals surface area (Å²) < 4.78 is 5.70. The zero-order valence-corrected chi connectivity index (χ0v) is 12.6. The Kier molecular flexibility index (Phi) is 5.70. The van der Waals surface area contributed by atoms with Crippen molar-refractivity contribution < 1.29 is 14.9 Å². The Morgan fingerprint density at radius 3 is 2.55 bits per heavy atom. The molecular formula is C16H23ClO3. The van der Waals surface area contributed by atoms with E-state index >= 15 is 0 Å². The molecule has 0 aliphatic heterocycles. The summed E-state index contributed by atoms with van der Waals surface area (Å²) in [7, 11) is 0. The second-order valence-corrected chi connectivity index (χ2v) is 6.20. The Labute approximate surface area is 125 Å². The lowest BCUT2D eigenvalue weighted by molar-refractivity contribution is 0.0986. The van der Waals surface area contributed by atoms with Crippen LogP contribution < -0.4 is 4.74 Å². The molecule has 0 saturated heterocycles. The summed E-state index contributed by atoms with van der Waals surface area (Å²) in [6.07, 6.45) is 2.42. The normalized spacial score (nSPS) is 27.5. The molecule has 0 amide bonds. The minimum Gasteiger partial charge on any atom is -0.493 e. The topological polar surface area (TPSA) is 49.7 Å². The minimum absolute atomic E-state index is 0.0603. The highest BCUT2D eigenvalue weighted by Crippen LogP contribution is 2.30. The van der Waals surface area contributed by atoms with E-state index in [9.17, 15) is 10.2 Å². The van der Waals surface area contributed by atoms with Crippen LogP contribution in [0.25, 0.3) is 0 Å². The van der Waals surface area contributed by atoms with Gasteiger partial charge in [-0.3, -0.25) is 0 Å². The van der Waals surface area contributed by atoms with Crippen molar-refractivity contribution in [1.29, 1.82) is 0 Å². The Balaban J connectivity index is 1.85. The maximum atomic E-state index is 9.89. The van der Waals surface area contributed by atoms with Crippen LogP contribution in [0, 0.1) is 5.92 Å². The van der Waals surface area contributed by atoms with Gasteiger partial charge in [0.25, 0.3) is 0 Å². The molecule has 1 aliphatic carbocycles. The quantitative estimate of drug-likeness (QED) is 0.793. The molecule has 1 fully saturated rings. The molecule has 3 nitrogen and oxygen atoms in total. The number of alkyl halides is 1. The van der Waals surface area contributed by atoms with Gasteiger partial charge in [0.05, 0.1) is 18.8 Å². The van der Waals surface area contributed by atoms with Crippen LogP contribution in [0.15, 0.2) is 24.3 Å². The lowest BCUT2D eigenvalue weighted by Gasteiger charge is -2.16. The molecule has 4 heteroatoms. The molecule has 0 aromatic heterocycles. The van der Waals surface area contributed by atoms with Crippen molar-refractivity contribution in [2.24, 2.45) is 5.92 Å². The lowest BCUT2D eigenvalue weighted by atomic mass is 10.1. The standard InChI is InChI=1S/C16H23ClO3/c1-2-3-15(18)11-4-6-14(7-5-11)20-10-12-8-13(17)9-16(12)19/h4-7,12-13,15-16,18-19H,2-3,8-10H2,1H3/t12-,13-,15?,16+/m0/s1. The molecule has 0 radical (unpaired) electrons. The Hall–Kier alpha value is -0.770. The zero-order valence-electron chi connectivity index (χ0n) is 11.8. The summed E-state index contributed by atoms with van der Waals surface area (Å²) in [5, 5.41) is 19.8. The third-order valence-electron chi connectivity index (χ3n) is 3.89. The van der Waals surface area contributed by atoms with E-state index in [0.717, 1.165) is 30.6 Å². The zero-order chi connectivity index (χ0) is 14.5. The van der Waals surface area contributed by atoms with Crippen LogP contribution in [0.4, 0.5) is 0 Å². The molecule has 2 rings (SSSR count). The van der Waals surface area contributed by atoms with E-state index < -0.39 is 6.10 Å². The second-order valence-electron chi connectivity index (χ2n) is 5.58. The fraction of sp³-hybridized carbons (Fsp3) is 0.625. The van der Waals surface area contributed by atoms with Crippen LogP contribution >= 0.6 is 11.6 Å². The number of ether oxygens (including phenoxy) is 1. The van der Waals surface area contributed by atoms with Gasteiger partial charge >= 0.3 is 0 Å². The largest absolute Gasteiger partial charge is 0.493 e. The summed E-state index contributed by atoms with van der Waals surface area (Å²) in [6, 6.07) is 7.53. The number of benzene rings is 1. The average molecular weight is 299 g/mol. The lowest BCUT2D eigenvalue weighted by Crippen LogP contribution is -2.20. The van der Waals surface area contributed by atoms with Gasteiger partial charge in [-0.15, -0.1) is 11.6 Å². The minimum atomic E-state index is -0.400. The Morgan fingerprint density at radius 2 is 2.00 bits per heavy atom. The van der Waals surface area contributed by atoms with Crippen LogP contribution in [-0.4, -0.2) is 28.3 Å². The van der Waals surface area contributed by atoms with Gasteiger partial charge in [-0.2, -0.15) is 0 Å². The molecule has 4 atom stereocenters. The van der Waals surface area contributed by atoms with E-state index in [1.54, 1.807) is 0 Å². The summed E-state index contributed by atoms with van der Waals surface area (Å²) >= 11 is 6.03. The fourth-order valence-corrected chi connectivity index (χ4v) is 3.06. The molecule has 1 aromatic rings. The van der Waals surface area contributed by atoms with Gasteiger partial charge in [0, 0.05) is 11.3 Å². The molecule has 0 bridgehead atoms. The number of hydrogen-bond donors (Lipinski definition) is 2. The number of halogens is 1. The first-order chi connectivity index (χ1) is 9.60. The summed E-state index contributed by atoms with van der Waals surface area (Å²) in [5.41, 5.74) is 0.918. The van der Waals surface area contributed by atoms with Crippen molar-refractivity contribution in [1.82, 2.24) is 0 Å². The van der Waals surface area contributed by atoms with Gasteiger partial charge in [-0.05, 0) is 37.0 Å². The van der Waals surface area contributed by atoms with Crippen molar-refractivity contribution >= 4 is 11.6 Å². The molecule has 1 saturated carbocycles. The number of aliphatic hydroxyl groups excluding tert-OH is 2. The SMILES string of the molecule is CCCC(O)c1ccc(OC[C@@H]2C[C@H](Cl)C[C@H]2O)cc1. The van der Waals surface area contributed by atoms with Gasteiger partial charge in [-0.1, -0.05) is 25.5 Å². The highest BCUT2D eigenvalue weighted by Gasteiger charge is 2.32. The third-order valence-corrected chi connectivity index (χ3v) is 4.25. The highest BCUT2D eigenvalue weighted by molar-refractivity contribution is 6.20. The van der Waals surface area contributed by atoms with E-state index in [1.165, 1.54) is 0 Å². The Morgan fingerprint density at radius 1 is 1.30 bits per heavy atom. The summed E-state index contributed by atoms with van der Waals surface area (Å²) in [4.78, 5) is 0. The predicted molar refractivity (Wildman–Crippen MR) is 80.2 cm³/mol. The van der Waals surface area contributed by atoms with Gasteiger partial charge in [-0.25, -0.2) is 0 Å². The van der Waals surface area contributed by atoms with E-state index in [0.29, 0.717) is 13.0 Å². The molecule has 112 valence electrons. The predicted octanol–water partition coefficient (Wildman–Crippen LogP) is 3.28. The van der Waals surface area contributed by atoms with E-state index in [4.69, 9.17) is 16.3 Å². The summed E-state index contributed by atoms with van der Waals surface area (Å²) in [5.74, 6) is 0.880. The molecule has 1 aliphatic rings. The van der Waals surface area contributed by atoms with Gasteiger partial charge in [0.1, 0.15) is 5.75 Å². The molecule has 0 heterocycles. The number of rotatable bonds is 6. The van der Waals surface area contributed by atoms with E-state index in [-0.39, 0.29) is 17.4 Å². The van der Waals surface area contributed by atoms with Crippen LogP contribution in [0.2, 0.25) is 0 Å². The van der Waals surface area contributed by atoms with Crippen molar-refractivity contribution in [3.63, 3.8) is 0 Å². The maximum absolute atomic E-state index is 9.89. The second kappa shape index (κ2) is 7.30. The van der Waals surface area contributed by atoms with Gasteiger partial charge in [0.15, 0.2) is 0 Å². The Bertz CT molecular complexity index is 407. The molecule has 1 aromatic carbocycles. The summed E-state index contributed by atoms with van der Waals surface area (Å²) in [6.45, 7) is 2.54. The van der Waals surface area contributed by atoms with Crippen LogP contribution in [0.5, 0.6) is 5.75 Å². The van der Waals surface area contributed by atoms with E-state index in [2.05, 4.69) is 6.92 Å². The smallest absolute Gasteiger partial charge is 0.119 e. The third kappa shape index (κ3) is 4.11. The highest BCUT2D eigenvalue weighted by atomic mass is 35.5. The maximum Gasteiger partial charge on any atom is 0.119 e. The molecular weight excluding hydrogens is 276 g/mol. The van der Waals surface area contributed by atoms with E-state index in [1.807, 2.05) is 24.3 Å². The van der Waals surface area contributed by atoms with Crippen LogP contribution in [-0.2, 0) is 0 Å². The van der Waals surface area contributed by atoms with Gasteiger partial charge in [0.2, 0.25) is 0 Å². The van der Waals surface area contributed by atoms with Crippen LogP contribution in [0.1, 0.15) is 44.3 Å². The number of aliphatic hydroxyl groups is 2. The fourth-order valence-electron chi connectivity index (χ4n) is 2.64. The number of hydrogen-bond acceptors (Lipinski definition) is 3. The molecule has 2 N–H and O–H groups in total. The van der Waals surface area contributed by atoms with Crippen LogP contribution in [0.3, 0.4) is 0 Å². The first-order valence-electron chi connectivity index (χ1n) is 7.33. The first kappa shape index (κ1) is 15.6.